The number of rotatable bonds is 4. The van der Waals surface area contributed by atoms with Crippen molar-refractivity contribution in [3.05, 3.63) is 53.1 Å². The number of amides is 1. The zero-order valence-electron chi connectivity index (χ0n) is 12.0. The van der Waals surface area contributed by atoms with Gasteiger partial charge in [-0.05, 0) is 36.6 Å². The van der Waals surface area contributed by atoms with E-state index in [1.165, 1.54) is 30.0 Å². The Hall–Kier alpha value is -1.50. The van der Waals surface area contributed by atoms with Gasteiger partial charge < -0.3 is 5.32 Å². The van der Waals surface area contributed by atoms with Gasteiger partial charge in [0.2, 0.25) is 0 Å². The number of sulfone groups is 1. The van der Waals surface area contributed by atoms with Crippen molar-refractivity contribution in [3.8, 4) is 0 Å². The average Bonchev–Trinajstić information content (AvgIpc) is 2.47. The molecule has 116 valence electrons. The van der Waals surface area contributed by atoms with Crippen molar-refractivity contribution < 1.29 is 13.2 Å². The molecule has 2 rings (SSSR count). The Balaban J connectivity index is 2.35. The molecular formula is C15H14ClNO3S2. The van der Waals surface area contributed by atoms with Gasteiger partial charge in [-0.15, -0.1) is 11.8 Å². The van der Waals surface area contributed by atoms with E-state index in [0.29, 0.717) is 5.69 Å². The number of halogens is 1. The molecule has 0 saturated heterocycles. The highest BCUT2D eigenvalue weighted by Gasteiger charge is 2.16. The van der Waals surface area contributed by atoms with Gasteiger partial charge in [0.15, 0.2) is 9.84 Å². The second kappa shape index (κ2) is 6.73. The Kier molecular flexibility index (Phi) is 5.16. The molecule has 0 fully saturated rings. The Bertz CT molecular complexity index is 819. The van der Waals surface area contributed by atoms with E-state index in [4.69, 9.17) is 11.6 Å². The Morgan fingerprint density at radius 3 is 2.50 bits per heavy atom. The summed E-state index contributed by atoms with van der Waals surface area (Å²) < 4.78 is 23.3. The summed E-state index contributed by atoms with van der Waals surface area (Å²) in [6.07, 6.45) is 2.97. The van der Waals surface area contributed by atoms with Crippen LogP contribution >= 0.6 is 23.4 Å². The van der Waals surface area contributed by atoms with E-state index in [0.717, 1.165) is 11.2 Å². The molecule has 0 aliphatic rings. The molecule has 4 nitrogen and oxygen atoms in total. The highest BCUT2D eigenvalue weighted by atomic mass is 35.5. The van der Waals surface area contributed by atoms with Gasteiger partial charge >= 0.3 is 0 Å². The topological polar surface area (TPSA) is 63.2 Å². The van der Waals surface area contributed by atoms with Crippen LogP contribution in [0.4, 0.5) is 5.69 Å². The number of thioether (sulfide) groups is 1. The molecule has 0 aliphatic heterocycles. The number of hydrogen-bond acceptors (Lipinski definition) is 4. The predicted octanol–water partition coefficient (Wildman–Crippen LogP) is 3.72. The molecule has 1 N–H and O–H groups in total. The molecule has 0 spiro atoms. The van der Waals surface area contributed by atoms with Crippen molar-refractivity contribution in [2.24, 2.45) is 0 Å². The molecule has 0 radical (unpaired) electrons. The SMILES string of the molecule is CSc1ccccc1NC(=O)c1ccc(Cl)c(S(C)(=O)=O)c1. The molecule has 1 amide bonds. The number of carbonyl (C=O) groups excluding carboxylic acids is 1. The smallest absolute Gasteiger partial charge is 0.255 e. The van der Waals surface area contributed by atoms with Gasteiger partial charge in [-0.25, -0.2) is 8.42 Å². The van der Waals surface area contributed by atoms with E-state index in [1.807, 2.05) is 24.5 Å². The van der Waals surface area contributed by atoms with Crippen LogP contribution in [0.2, 0.25) is 5.02 Å². The standard InChI is InChI=1S/C15H14ClNO3S2/c1-21-13-6-4-3-5-12(13)17-15(18)10-7-8-11(16)14(9-10)22(2,19)20/h3-9H,1-2H3,(H,17,18). The molecule has 2 aromatic rings. The van der Waals surface area contributed by atoms with Gasteiger partial charge in [0.25, 0.3) is 5.91 Å². The third-order valence-corrected chi connectivity index (χ3v) is 5.32. The summed E-state index contributed by atoms with van der Waals surface area (Å²) in [7, 11) is -3.49. The normalized spacial score (nSPS) is 11.2. The second-order valence-corrected chi connectivity index (χ2v) is 7.81. The van der Waals surface area contributed by atoms with Crippen LogP contribution in [0.3, 0.4) is 0 Å². The van der Waals surface area contributed by atoms with Gasteiger partial charge in [-0.1, -0.05) is 23.7 Å². The number of nitrogens with one attached hydrogen (secondary N) is 1. The minimum absolute atomic E-state index is 0.0556. The number of benzene rings is 2. The molecule has 0 atom stereocenters. The Morgan fingerprint density at radius 2 is 1.86 bits per heavy atom. The van der Waals surface area contributed by atoms with Crippen LogP contribution in [-0.4, -0.2) is 26.8 Å². The summed E-state index contributed by atoms with van der Waals surface area (Å²) in [6.45, 7) is 0. The molecule has 2 aromatic carbocycles. The van der Waals surface area contributed by atoms with E-state index in [1.54, 1.807) is 6.07 Å². The van der Waals surface area contributed by atoms with Crippen molar-refractivity contribution in [1.29, 1.82) is 0 Å². The van der Waals surface area contributed by atoms with Gasteiger partial charge in [0, 0.05) is 16.7 Å². The minimum atomic E-state index is -3.49. The summed E-state index contributed by atoms with van der Waals surface area (Å²) in [5.74, 6) is -0.386. The average molecular weight is 356 g/mol. The van der Waals surface area contributed by atoms with Crippen molar-refractivity contribution in [2.75, 3.05) is 17.8 Å². The first-order chi connectivity index (χ1) is 10.3. The maximum atomic E-state index is 12.3. The van der Waals surface area contributed by atoms with Crippen LogP contribution in [0.25, 0.3) is 0 Å². The first-order valence-corrected chi connectivity index (χ1v) is 9.76. The van der Waals surface area contributed by atoms with E-state index >= 15 is 0 Å². The molecule has 0 aliphatic carbocycles. The van der Waals surface area contributed by atoms with E-state index < -0.39 is 9.84 Å². The Morgan fingerprint density at radius 1 is 1.18 bits per heavy atom. The summed E-state index contributed by atoms with van der Waals surface area (Å²) in [6, 6.07) is 11.6. The minimum Gasteiger partial charge on any atom is -0.321 e. The highest BCUT2D eigenvalue weighted by molar-refractivity contribution is 7.98. The lowest BCUT2D eigenvalue weighted by atomic mass is 10.2. The first-order valence-electron chi connectivity index (χ1n) is 6.27. The zero-order valence-corrected chi connectivity index (χ0v) is 14.3. The fourth-order valence-electron chi connectivity index (χ4n) is 1.87. The summed E-state index contributed by atoms with van der Waals surface area (Å²) in [5.41, 5.74) is 0.914. The van der Waals surface area contributed by atoms with Crippen LogP contribution in [-0.2, 0) is 9.84 Å². The lowest BCUT2D eigenvalue weighted by molar-refractivity contribution is 0.102. The van der Waals surface area contributed by atoms with Crippen LogP contribution < -0.4 is 5.32 Å². The maximum Gasteiger partial charge on any atom is 0.255 e. The third-order valence-electron chi connectivity index (χ3n) is 2.95. The van der Waals surface area contributed by atoms with E-state index in [9.17, 15) is 13.2 Å². The summed E-state index contributed by atoms with van der Waals surface area (Å²) >= 11 is 7.39. The van der Waals surface area contributed by atoms with Gasteiger partial charge in [0.1, 0.15) is 0 Å². The molecule has 0 heterocycles. The van der Waals surface area contributed by atoms with Crippen molar-refractivity contribution in [3.63, 3.8) is 0 Å². The summed E-state index contributed by atoms with van der Waals surface area (Å²) in [5, 5.41) is 2.88. The molecular weight excluding hydrogens is 342 g/mol. The fraction of sp³-hybridized carbons (Fsp3) is 0.133. The largest absolute Gasteiger partial charge is 0.321 e. The molecule has 0 saturated carbocycles. The lowest BCUT2D eigenvalue weighted by Gasteiger charge is -2.10. The van der Waals surface area contributed by atoms with Gasteiger partial charge in [-0.3, -0.25) is 4.79 Å². The van der Waals surface area contributed by atoms with Crippen molar-refractivity contribution >= 4 is 44.8 Å². The fourth-order valence-corrected chi connectivity index (χ4v) is 3.73. The van der Waals surface area contributed by atoms with Crippen LogP contribution in [0.1, 0.15) is 10.4 Å². The number of anilines is 1. The van der Waals surface area contributed by atoms with Gasteiger partial charge in [0.05, 0.1) is 15.6 Å². The van der Waals surface area contributed by atoms with Crippen LogP contribution in [0.5, 0.6) is 0 Å². The number of para-hydroxylation sites is 1. The molecule has 0 aromatic heterocycles. The third kappa shape index (κ3) is 3.82. The molecule has 0 unspecified atom stereocenters. The number of hydrogen-bond donors (Lipinski definition) is 1. The van der Waals surface area contributed by atoms with Gasteiger partial charge in [-0.2, -0.15) is 0 Å². The Labute approximate surface area is 138 Å². The molecule has 0 bridgehead atoms. The van der Waals surface area contributed by atoms with Crippen LogP contribution in [0, 0.1) is 0 Å². The van der Waals surface area contributed by atoms with Crippen molar-refractivity contribution in [1.82, 2.24) is 0 Å². The zero-order chi connectivity index (χ0) is 16.3. The number of carbonyl (C=O) groups is 1. The molecule has 22 heavy (non-hydrogen) atoms. The predicted molar refractivity (Wildman–Crippen MR) is 90.7 cm³/mol. The molecule has 7 heteroatoms. The lowest BCUT2D eigenvalue weighted by Crippen LogP contribution is -2.13. The second-order valence-electron chi connectivity index (χ2n) is 4.57. The quantitative estimate of drug-likeness (QED) is 0.849. The first kappa shape index (κ1) is 16.9. The van der Waals surface area contributed by atoms with E-state index in [-0.39, 0.29) is 21.4 Å². The van der Waals surface area contributed by atoms with E-state index in [2.05, 4.69) is 5.32 Å². The highest BCUT2D eigenvalue weighted by Crippen LogP contribution is 2.26. The summed E-state index contributed by atoms with van der Waals surface area (Å²) in [4.78, 5) is 13.2. The monoisotopic (exact) mass is 355 g/mol. The van der Waals surface area contributed by atoms with Crippen LogP contribution in [0.15, 0.2) is 52.3 Å². The maximum absolute atomic E-state index is 12.3. The van der Waals surface area contributed by atoms with Crippen molar-refractivity contribution in [2.45, 2.75) is 9.79 Å².